The third kappa shape index (κ3) is 5.84. The van der Waals surface area contributed by atoms with Gasteiger partial charge in [0.2, 0.25) is 0 Å². The van der Waals surface area contributed by atoms with Crippen molar-refractivity contribution in [1.82, 2.24) is 10.2 Å². The minimum atomic E-state index is -0.272. The summed E-state index contributed by atoms with van der Waals surface area (Å²) in [6, 6.07) is 11.3. The largest absolute Gasteiger partial charge is 0.490 e. The van der Waals surface area contributed by atoms with Crippen LogP contribution < -0.4 is 20.1 Å². The summed E-state index contributed by atoms with van der Waals surface area (Å²) in [5.41, 5.74) is 2.25. The number of rotatable bonds is 9. The minimum absolute atomic E-state index is 0.0578. The molecule has 2 heterocycles. The molecule has 1 atom stereocenters. The monoisotopic (exact) mass is 485 g/mol. The Labute approximate surface area is 204 Å². The van der Waals surface area contributed by atoms with Gasteiger partial charge >= 0.3 is 0 Å². The van der Waals surface area contributed by atoms with E-state index in [0.717, 1.165) is 29.3 Å². The SMILES string of the molecule is CCOc1ccc(CCNC(=O)c2ccc3c(c2)NC(=O)C(N2CCOCC2)S3)cc1OCC. The molecule has 9 heteroatoms. The van der Waals surface area contributed by atoms with E-state index in [0.29, 0.717) is 56.4 Å². The van der Waals surface area contributed by atoms with E-state index in [2.05, 4.69) is 15.5 Å². The first kappa shape index (κ1) is 24.4. The van der Waals surface area contributed by atoms with Crippen LogP contribution in [0.4, 0.5) is 5.69 Å². The van der Waals surface area contributed by atoms with E-state index < -0.39 is 0 Å². The normalized spacial score (nSPS) is 18.1. The van der Waals surface area contributed by atoms with Crippen LogP contribution in [0.1, 0.15) is 29.8 Å². The molecule has 1 fully saturated rings. The molecule has 2 aromatic rings. The summed E-state index contributed by atoms with van der Waals surface area (Å²) >= 11 is 1.52. The number of ether oxygens (including phenoxy) is 3. The fourth-order valence-electron chi connectivity index (χ4n) is 3.97. The van der Waals surface area contributed by atoms with Crippen molar-refractivity contribution in [3.63, 3.8) is 0 Å². The lowest BCUT2D eigenvalue weighted by atomic mass is 10.1. The first-order chi connectivity index (χ1) is 16.6. The molecule has 1 unspecified atom stereocenters. The Bertz CT molecular complexity index is 1030. The van der Waals surface area contributed by atoms with Gasteiger partial charge in [0.1, 0.15) is 5.37 Å². The molecule has 2 aromatic carbocycles. The average molecular weight is 486 g/mol. The molecule has 0 bridgehead atoms. The van der Waals surface area contributed by atoms with Gasteiger partial charge in [-0.2, -0.15) is 0 Å². The van der Waals surface area contributed by atoms with Gasteiger partial charge in [-0.15, -0.1) is 0 Å². The molecule has 182 valence electrons. The van der Waals surface area contributed by atoms with Crippen LogP contribution in [-0.4, -0.2) is 68.1 Å². The fraction of sp³-hybridized carbons (Fsp3) is 0.440. The summed E-state index contributed by atoms with van der Waals surface area (Å²) in [7, 11) is 0. The summed E-state index contributed by atoms with van der Waals surface area (Å²) in [4.78, 5) is 28.5. The third-order valence-corrected chi connectivity index (χ3v) is 6.99. The molecule has 0 aliphatic carbocycles. The Morgan fingerprint density at radius 2 is 1.88 bits per heavy atom. The lowest BCUT2D eigenvalue weighted by Crippen LogP contribution is -2.48. The molecule has 0 saturated carbocycles. The smallest absolute Gasteiger partial charge is 0.252 e. The highest BCUT2D eigenvalue weighted by molar-refractivity contribution is 8.00. The van der Waals surface area contributed by atoms with Crippen LogP contribution >= 0.6 is 11.8 Å². The second kappa shape index (κ2) is 11.6. The molecule has 34 heavy (non-hydrogen) atoms. The van der Waals surface area contributed by atoms with Crippen molar-refractivity contribution in [3.8, 4) is 11.5 Å². The Kier molecular flexibility index (Phi) is 8.31. The molecule has 0 radical (unpaired) electrons. The number of anilines is 1. The van der Waals surface area contributed by atoms with Crippen molar-refractivity contribution in [2.75, 3.05) is 51.4 Å². The van der Waals surface area contributed by atoms with Crippen LogP contribution in [-0.2, 0) is 16.0 Å². The van der Waals surface area contributed by atoms with E-state index in [1.807, 2.05) is 38.1 Å². The van der Waals surface area contributed by atoms with Crippen LogP contribution in [0.5, 0.6) is 11.5 Å². The number of nitrogens with zero attached hydrogens (tertiary/aromatic N) is 1. The molecule has 2 aliphatic rings. The quantitative estimate of drug-likeness (QED) is 0.564. The minimum Gasteiger partial charge on any atom is -0.490 e. The summed E-state index contributed by atoms with van der Waals surface area (Å²) in [5, 5.41) is 5.66. The summed E-state index contributed by atoms with van der Waals surface area (Å²) < 4.78 is 16.7. The van der Waals surface area contributed by atoms with Crippen molar-refractivity contribution in [1.29, 1.82) is 0 Å². The number of carbonyl (C=O) groups excluding carboxylic acids is 2. The van der Waals surface area contributed by atoms with Gasteiger partial charge in [-0.25, -0.2) is 0 Å². The number of thioether (sulfide) groups is 1. The molecular formula is C25H31N3O5S. The number of fused-ring (bicyclic) bond motifs is 1. The van der Waals surface area contributed by atoms with Crippen LogP contribution in [0.3, 0.4) is 0 Å². The number of carbonyl (C=O) groups is 2. The second-order valence-corrected chi connectivity index (χ2v) is 9.09. The summed E-state index contributed by atoms with van der Waals surface area (Å²) in [6.45, 7) is 8.24. The number of morpholine rings is 1. The van der Waals surface area contributed by atoms with Crippen LogP contribution in [0, 0.1) is 0 Å². The highest BCUT2D eigenvalue weighted by Gasteiger charge is 2.33. The lowest BCUT2D eigenvalue weighted by molar-refractivity contribution is -0.119. The standard InChI is InChI=1S/C25H31N3O5S/c1-3-32-20-7-5-17(15-21(20)33-4-2)9-10-26-23(29)18-6-8-22-19(16-18)27-24(30)25(34-22)28-11-13-31-14-12-28/h5-8,15-16,25H,3-4,9-14H2,1-2H3,(H,26,29)(H,27,30). The van der Waals surface area contributed by atoms with Crippen molar-refractivity contribution in [3.05, 3.63) is 47.5 Å². The Morgan fingerprint density at radius 3 is 2.65 bits per heavy atom. The van der Waals surface area contributed by atoms with Crippen molar-refractivity contribution >= 4 is 29.3 Å². The molecule has 8 nitrogen and oxygen atoms in total. The number of nitrogens with one attached hydrogen (secondary N) is 2. The first-order valence-electron chi connectivity index (χ1n) is 11.7. The zero-order valence-corrected chi connectivity index (χ0v) is 20.4. The van der Waals surface area contributed by atoms with Crippen molar-refractivity contribution in [2.24, 2.45) is 0 Å². The number of hydrogen-bond donors (Lipinski definition) is 2. The Hall–Kier alpha value is -2.75. The van der Waals surface area contributed by atoms with E-state index in [1.165, 1.54) is 11.8 Å². The van der Waals surface area contributed by atoms with Gasteiger partial charge in [0.25, 0.3) is 11.8 Å². The maximum atomic E-state index is 12.7. The predicted octanol–water partition coefficient (Wildman–Crippen LogP) is 3.16. The topological polar surface area (TPSA) is 89.1 Å². The van der Waals surface area contributed by atoms with Gasteiger partial charge in [-0.05, 0) is 56.2 Å². The second-order valence-electron chi connectivity index (χ2n) is 7.97. The predicted molar refractivity (Wildman–Crippen MR) is 132 cm³/mol. The van der Waals surface area contributed by atoms with Crippen LogP contribution in [0.15, 0.2) is 41.3 Å². The highest BCUT2D eigenvalue weighted by Crippen LogP contribution is 2.37. The van der Waals surface area contributed by atoms with Gasteiger partial charge in [0.05, 0.1) is 32.1 Å². The maximum absolute atomic E-state index is 12.7. The van der Waals surface area contributed by atoms with E-state index in [4.69, 9.17) is 14.2 Å². The molecule has 0 spiro atoms. The van der Waals surface area contributed by atoms with Gasteiger partial charge in [-0.1, -0.05) is 17.8 Å². The molecule has 4 rings (SSSR count). The Morgan fingerprint density at radius 1 is 1.12 bits per heavy atom. The molecule has 2 amide bonds. The fourth-order valence-corrected chi connectivity index (χ4v) is 5.12. The molecule has 2 N–H and O–H groups in total. The van der Waals surface area contributed by atoms with Crippen molar-refractivity contribution < 1.29 is 23.8 Å². The van der Waals surface area contributed by atoms with E-state index in [1.54, 1.807) is 12.1 Å². The van der Waals surface area contributed by atoms with Gasteiger partial charge in [0, 0.05) is 30.1 Å². The van der Waals surface area contributed by atoms with Crippen LogP contribution in [0.2, 0.25) is 0 Å². The highest BCUT2D eigenvalue weighted by atomic mass is 32.2. The zero-order valence-electron chi connectivity index (χ0n) is 19.6. The van der Waals surface area contributed by atoms with E-state index >= 15 is 0 Å². The van der Waals surface area contributed by atoms with Crippen molar-refractivity contribution in [2.45, 2.75) is 30.5 Å². The zero-order chi connectivity index (χ0) is 23.9. The third-order valence-electron chi connectivity index (χ3n) is 5.65. The molecular weight excluding hydrogens is 454 g/mol. The number of amides is 2. The average Bonchev–Trinajstić information content (AvgIpc) is 2.85. The van der Waals surface area contributed by atoms with Gasteiger partial charge in [-0.3, -0.25) is 14.5 Å². The molecule has 1 saturated heterocycles. The summed E-state index contributed by atoms with van der Waals surface area (Å²) in [6.07, 6.45) is 0.664. The number of hydrogen-bond acceptors (Lipinski definition) is 7. The van der Waals surface area contributed by atoms with Gasteiger partial charge < -0.3 is 24.8 Å². The number of benzene rings is 2. The molecule has 0 aromatic heterocycles. The van der Waals surface area contributed by atoms with Crippen LogP contribution in [0.25, 0.3) is 0 Å². The Balaban J connectivity index is 1.34. The van der Waals surface area contributed by atoms with Gasteiger partial charge in [0.15, 0.2) is 11.5 Å². The lowest BCUT2D eigenvalue weighted by Gasteiger charge is -2.35. The first-order valence-corrected chi connectivity index (χ1v) is 12.6. The maximum Gasteiger partial charge on any atom is 0.252 e. The van der Waals surface area contributed by atoms with E-state index in [9.17, 15) is 9.59 Å². The molecule has 2 aliphatic heterocycles. The van der Waals surface area contributed by atoms with E-state index in [-0.39, 0.29) is 17.2 Å². The summed E-state index contributed by atoms with van der Waals surface area (Å²) in [5.74, 6) is 1.21.